The maximum absolute atomic E-state index is 17.1. The Morgan fingerprint density at radius 2 is 1.64 bits per heavy atom. The molecule has 7 aliphatic rings. The van der Waals surface area contributed by atoms with Gasteiger partial charge in [0.15, 0.2) is 5.82 Å². The molecule has 6 aliphatic heterocycles. The van der Waals surface area contributed by atoms with Crippen molar-refractivity contribution in [3.8, 4) is 35.4 Å². The number of phenols is 1. The van der Waals surface area contributed by atoms with E-state index in [-0.39, 0.29) is 81.4 Å². The highest BCUT2D eigenvalue weighted by molar-refractivity contribution is 6.03. The zero-order valence-electron chi connectivity index (χ0n) is 41.1. The van der Waals surface area contributed by atoms with Crippen molar-refractivity contribution in [3.05, 3.63) is 77.5 Å². The van der Waals surface area contributed by atoms with Gasteiger partial charge in [0.2, 0.25) is 17.7 Å². The summed E-state index contributed by atoms with van der Waals surface area (Å²) < 4.78 is 38.7. The fourth-order valence-electron chi connectivity index (χ4n) is 13.2. The number of benzene rings is 3. The van der Waals surface area contributed by atoms with Crippen LogP contribution >= 0.6 is 0 Å². The highest BCUT2D eigenvalue weighted by atomic mass is 19.1. The van der Waals surface area contributed by atoms with Gasteiger partial charge in [-0.25, -0.2) is 8.78 Å². The van der Waals surface area contributed by atoms with Gasteiger partial charge in [-0.2, -0.15) is 9.97 Å². The first-order chi connectivity index (χ1) is 35.4. The molecule has 380 valence electrons. The van der Waals surface area contributed by atoms with Crippen molar-refractivity contribution >= 4 is 50.9 Å². The predicted octanol–water partition coefficient (Wildman–Crippen LogP) is 6.46. The van der Waals surface area contributed by atoms with E-state index in [0.717, 1.165) is 70.4 Å². The first kappa shape index (κ1) is 47.5. The van der Waals surface area contributed by atoms with E-state index in [9.17, 15) is 19.5 Å². The molecule has 3 atom stereocenters. The van der Waals surface area contributed by atoms with Crippen LogP contribution in [0.15, 0.2) is 54.7 Å². The molecule has 3 aromatic carbocycles. The standard InChI is InChI=1S/C56H62F2N10O5/c1-2-42-45(57)10-5-35-25-40(69)26-43(49(35)42)51-50(58)52-44(29-59-51)53(68-30-37-8-9-38(31-68)60-37)64-55(63-52)73-41-15-19-65(20-16-41)32-48(71)67-23-17-56(18-24-67)27-39(28-56)66-21-13-34(14-22-66)33-3-6-36(7-4-33)61-46-11-12-47(70)62-54(46)72/h1,3-7,10,25-26,29,34,37-39,41,46,60-61,69H,8-9,11-24,27-28,30-32H2,(H,62,70,72). The first-order valence-corrected chi connectivity index (χ1v) is 26.4. The number of carbonyl (C=O) groups is 3. The summed E-state index contributed by atoms with van der Waals surface area (Å²) in [5.41, 5.74) is 2.56. The molecule has 0 radical (unpaired) electrons. The van der Waals surface area contributed by atoms with Crippen molar-refractivity contribution in [2.45, 2.75) is 113 Å². The van der Waals surface area contributed by atoms with Gasteiger partial charge >= 0.3 is 6.01 Å². The number of halogens is 2. The van der Waals surface area contributed by atoms with E-state index in [0.29, 0.717) is 92.4 Å². The van der Waals surface area contributed by atoms with Crippen LogP contribution in [-0.4, -0.2) is 142 Å². The number of amides is 3. The number of hydrogen-bond donors (Lipinski definition) is 4. The number of fused-ring (bicyclic) bond motifs is 4. The molecule has 3 unspecified atom stereocenters. The molecule has 6 saturated heterocycles. The Balaban J connectivity index is 0.640. The van der Waals surface area contributed by atoms with Crippen LogP contribution in [-0.2, 0) is 14.4 Å². The Bertz CT molecular complexity index is 3000. The number of anilines is 2. The normalized spacial score (nSPS) is 24.2. The minimum absolute atomic E-state index is 0.0126. The summed E-state index contributed by atoms with van der Waals surface area (Å²) in [6.07, 6.45) is 18.1. The Morgan fingerprint density at radius 3 is 2.36 bits per heavy atom. The molecule has 5 aromatic rings. The molecule has 73 heavy (non-hydrogen) atoms. The molecule has 4 N–H and O–H groups in total. The summed E-state index contributed by atoms with van der Waals surface area (Å²) in [5, 5.41) is 21.2. The van der Waals surface area contributed by atoms with Crippen molar-refractivity contribution < 1.29 is 33.0 Å². The van der Waals surface area contributed by atoms with Crippen LogP contribution in [0.25, 0.3) is 32.9 Å². The van der Waals surface area contributed by atoms with Gasteiger partial charge < -0.3 is 35.2 Å². The molecule has 8 heterocycles. The van der Waals surface area contributed by atoms with Crippen LogP contribution in [0.1, 0.15) is 94.1 Å². The zero-order valence-corrected chi connectivity index (χ0v) is 41.1. The zero-order chi connectivity index (χ0) is 50.0. The van der Waals surface area contributed by atoms with E-state index in [1.165, 1.54) is 42.7 Å². The number of hydrogen-bond acceptors (Lipinski definition) is 13. The summed E-state index contributed by atoms with van der Waals surface area (Å²) >= 11 is 0. The lowest BCUT2D eigenvalue weighted by Gasteiger charge is -2.56. The number of pyridine rings is 1. The van der Waals surface area contributed by atoms with Crippen LogP contribution in [0.4, 0.5) is 20.3 Å². The highest BCUT2D eigenvalue weighted by Crippen LogP contribution is 2.52. The average molecular weight is 993 g/mol. The van der Waals surface area contributed by atoms with Gasteiger partial charge in [0, 0.05) is 86.6 Å². The fourth-order valence-corrected chi connectivity index (χ4v) is 13.2. The average Bonchev–Trinajstić information content (AvgIpc) is 3.73. The molecular weight excluding hydrogens is 931 g/mol. The molecule has 2 aromatic heterocycles. The lowest BCUT2D eigenvalue weighted by molar-refractivity contribution is -0.138. The molecule has 1 saturated carbocycles. The monoisotopic (exact) mass is 992 g/mol. The van der Waals surface area contributed by atoms with Gasteiger partial charge in [-0.3, -0.25) is 29.6 Å². The summed E-state index contributed by atoms with van der Waals surface area (Å²) in [6, 6.07) is 14.8. The summed E-state index contributed by atoms with van der Waals surface area (Å²) in [6.45, 7) is 6.87. The maximum atomic E-state index is 17.1. The van der Waals surface area contributed by atoms with E-state index in [1.54, 1.807) is 6.20 Å². The first-order valence-electron chi connectivity index (χ1n) is 26.4. The topological polar surface area (TPSA) is 168 Å². The number of nitrogens with one attached hydrogen (secondary N) is 3. The maximum Gasteiger partial charge on any atom is 0.319 e. The van der Waals surface area contributed by atoms with Gasteiger partial charge in [0.05, 0.1) is 17.5 Å². The predicted molar refractivity (Wildman–Crippen MR) is 273 cm³/mol. The molecule has 17 heteroatoms. The lowest BCUT2D eigenvalue weighted by Crippen LogP contribution is -2.57. The molecule has 7 fully saturated rings. The molecule has 1 aliphatic carbocycles. The largest absolute Gasteiger partial charge is 0.508 e. The fraction of sp³-hybridized carbons (Fsp3) is 0.500. The minimum atomic E-state index is -0.752. The highest BCUT2D eigenvalue weighted by Gasteiger charge is 2.49. The third-order valence-electron chi connectivity index (χ3n) is 17.3. The second-order valence-electron chi connectivity index (χ2n) is 21.8. The van der Waals surface area contributed by atoms with Crippen LogP contribution in [0.3, 0.4) is 0 Å². The number of carbonyl (C=O) groups excluding carboxylic acids is 3. The smallest absolute Gasteiger partial charge is 0.319 e. The number of ether oxygens (including phenoxy) is 1. The van der Waals surface area contributed by atoms with Crippen molar-refractivity contribution in [2.75, 3.05) is 69.1 Å². The number of likely N-dealkylation sites (tertiary alicyclic amines) is 3. The molecule has 2 bridgehead atoms. The van der Waals surface area contributed by atoms with Crippen molar-refractivity contribution in [3.63, 3.8) is 0 Å². The number of piperazine rings is 1. The lowest BCUT2D eigenvalue weighted by atomic mass is 9.59. The van der Waals surface area contributed by atoms with E-state index in [4.69, 9.17) is 16.1 Å². The minimum Gasteiger partial charge on any atom is -0.508 e. The third kappa shape index (κ3) is 9.42. The Kier molecular flexibility index (Phi) is 12.6. The van der Waals surface area contributed by atoms with Gasteiger partial charge in [0.25, 0.3) is 0 Å². The second kappa shape index (κ2) is 19.4. The van der Waals surface area contributed by atoms with Gasteiger partial charge in [0.1, 0.15) is 40.7 Å². The number of imide groups is 1. The van der Waals surface area contributed by atoms with Crippen molar-refractivity contribution in [2.24, 2.45) is 5.41 Å². The molecule has 1 spiro atoms. The van der Waals surface area contributed by atoms with Crippen LogP contribution in [0.5, 0.6) is 11.8 Å². The van der Waals surface area contributed by atoms with Crippen molar-refractivity contribution in [1.29, 1.82) is 0 Å². The van der Waals surface area contributed by atoms with Crippen molar-refractivity contribution in [1.82, 2.24) is 40.3 Å². The Labute approximate surface area is 423 Å². The molecule has 15 nitrogen and oxygen atoms in total. The summed E-state index contributed by atoms with van der Waals surface area (Å²) in [7, 11) is 0. The van der Waals surface area contributed by atoms with Gasteiger partial charge in [-0.05, 0) is 136 Å². The molecular formula is C56H62F2N10O5. The van der Waals surface area contributed by atoms with E-state index in [1.807, 2.05) is 0 Å². The quantitative estimate of drug-likeness (QED) is 0.0890. The SMILES string of the molecule is C#Cc1c(F)ccc2cc(O)cc(-c3ncc4c(N5CC6CCC(C5)N6)nc(OC5CCN(CC(=O)N6CCC7(CC6)CC(N6CCC(c8ccc(NC9CCC(=O)NC9=O)cc8)CC6)C7)CC5)nc4c3F)c12. The summed E-state index contributed by atoms with van der Waals surface area (Å²) in [5.74, 6) is 1.65. The third-order valence-corrected chi connectivity index (χ3v) is 17.3. The number of aromatic hydroxyl groups is 1. The number of piperidine rings is 4. The number of phenolic OH excluding ortho intramolecular Hbond substituents is 1. The second-order valence-corrected chi connectivity index (χ2v) is 21.8. The van der Waals surface area contributed by atoms with E-state index in [2.05, 4.69) is 75.7 Å². The van der Waals surface area contributed by atoms with Crippen LogP contribution < -0.4 is 25.6 Å². The molecule has 12 rings (SSSR count). The Morgan fingerprint density at radius 1 is 0.904 bits per heavy atom. The van der Waals surface area contributed by atoms with E-state index >= 15 is 8.78 Å². The summed E-state index contributed by atoms with van der Waals surface area (Å²) in [4.78, 5) is 60.7. The van der Waals surface area contributed by atoms with E-state index < -0.39 is 11.6 Å². The number of nitrogens with zero attached hydrogens (tertiary/aromatic N) is 7. The number of terminal acetylenes is 1. The van der Waals surface area contributed by atoms with Crippen LogP contribution in [0, 0.1) is 29.4 Å². The van der Waals surface area contributed by atoms with Gasteiger partial charge in [-0.15, -0.1) is 6.42 Å². The Hall–Kier alpha value is -6.48. The number of aromatic nitrogens is 3. The number of rotatable bonds is 10. The molecule has 3 amide bonds. The van der Waals surface area contributed by atoms with Crippen LogP contribution in [0.2, 0.25) is 0 Å². The van der Waals surface area contributed by atoms with Gasteiger partial charge in [-0.1, -0.05) is 24.1 Å².